The zero-order valence-electron chi connectivity index (χ0n) is 6.75. The van der Waals surface area contributed by atoms with Crippen molar-refractivity contribution >= 4 is 18.0 Å². The molecule has 0 aliphatic heterocycles. The maximum absolute atomic E-state index is 10.7. The quantitative estimate of drug-likeness (QED) is 0.567. The Morgan fingerprint density at radius 2 is 1.31 bits per heavy atom. The van der Waals surface area contributed by atoms with Crippen molar-refractivity contribution in [1.82, 2.24) is 0 Å². The summed E-state index contributed by atoms with van der Waals surface area (Å²) in [7, 11) is 0. The third kappa shape index (κ3) is 1.81. The zero-order chi connectivity index (χ0) is 9.73. The molecular formula is C9H8MoO3. The molecule has 0 amide bonds. The van der Waals surface area contributed by atoms with Crippen molar-refractivity contribution in [2.75, 3.05) is 0 Å². The summed E-state index contributed by atoms with van der Waals surface area (Å²) in [5.74, 6) is 0. The van der Waals surface area contributed by atoms with E-state index >= 15 is 0 Å². The van der Waals surface area contributed by atoms with E-state index in [1.165, 1.54) is 0 Å². The molecule has 0 fully saturated rings. The molecular weight excluding hydrogens is 252 g/mol. The van der Waals surface area contributed by atoms with E-state index in [0.29, 0.717) is 18.0 Å². The predicted octanol–water partition coefficient (Wildman–Crippen LogP) is 0.0364. The molecule has 0 spiro atoms. The third-order valence-corrected chi connectivity index (χ3v) is 6.65. The van der Waals surface area contributed by atoms with Crippen LogP contribution in [0.1, 0.15) is 0 Å². The fraction of sp³-hybridized carbons (Fsp3) is 0. The van der Waals surface area contributed by atoms with Gasteiger partial charge in [-0.05, 0) is 0 Å². The summed E-state index contributed by atoms with van der Waals surface area (Å²) in [5.41, 5.74) is 0. The van der Waals surface area contributed by atoms with Crippen molar-refractivity contribution in [3.05, 3.63) is 30.3 Å². The molecule has 0 aromatic heterocycles. The van der Waals surface area contributed by atoms with E-state index in [4.69, 9.17) is 0 Å². The standard InChI is InChI=1S/C6H5.3CHO.Mo/c1-2-4-6-5-3-1;3*1-2;/h1-5H;3*1H;. The van der Waals surface area contributed by atoms with Crippen LogP contribution in [0.3, 0.4) is 0 Å². The molecule has 0 saturated carbocycles. The van der Waals surface area contributed by atoms with Crippen molar-refractivity contribution in [1.29, 1.82) is 0 Å². The Morgan fingerprint density at radius 3 is 1.69 bits per heavy atom. The molecule has 0 heterocycles. The molecule has 13 heavy (non-hydrogen) atoms. The number of carbonyl (C=O) groups is 3. The summed E-state index contributed by atoms with van der Waals surface area (Å²) in [5, 5.41) is 0. The van der Waals surface area contributed by atoms with Gasteiger partial charge >= 0.3 is 78.8 Å². The summed E-state index contributed by atoms with van der Waals surface area (Å²) in [6.45, 7) is 0. The second kappa shape index (κ2) is 4.24. The van der Waals surface area contributed by atoms with E-state index in [0.717, 1.165) is 0 Å². The van der Waals surface area contributed by atoms with Gasteiger partial charge in [-0.2, -0.15) is 0 Å². The minimum absolute atomic E-state index is 0.540. The van der Waals surface area contributed by atoms with E-state index in [-0.39, 0.29) is 0 Å². The van der Waals surface area contributed by atoms with Gasteiger partial charge in [-0.1, -0.05) is 0 Å². The number of rotatable bonds is 4. The SMILES string of the molecule is O=[CH][Mo]([CH]=O)([CH]=O)[c]1ccccc1. The van der Waals surface area contributed by atoms with Crippen LogP contribution in [0, 0.1) is 0 Å². The first-order valence-corrected chi connectivity index (χ1v) is 8.01. The molecule has 4 heteroatoms. The Hall–Kier alpha value is -1.08. The molecule has 0 saturated heterocycles. The van der Waals surface area contributed by atoms with Crippen LogP contribution in [0.2, 0.25) is 0 Å². The molecule has 0 aliphatic carbocycles. The van der Waals surface area contributed by atoms with E-state index < -0.39 is 16.1 Å². The zero-order valence-corrected chi connectivity index (χ0v) is 8.76. The van der Waals surface area contributed by atoms with Crippen LogP contribution in [-0.2, 0) is 30.4 Å². The first-order chi connectivity index (χ1) is 6.29. The summed E-state index contributed by atoms with van der Waals surface area (Å²) < 4.78 is 2.21. The molecule has 1 rings (SSSR count). The van der Waals surface area contributed by atoms with Crippen LogP contribution in [0.4, 0.5) is 0 Å². The van der Waals surface area contributed by atoms with Crippen LogP contribution in [0.5, 0.6) is 0 Å². The van der Waals surface area contributed by atoms with Crippen molar-refractivity contribution < 1.29 is 30.4 Å². The Morgan fingerprint density at radius 1 is 0.846 bits per heavy atom. The molecule has 0 radical (unpaired) electrons. The first-order valence-electron chi connectivity index (χ1n) is 3.53. The van der Waals surface area contributed by atoms with Gasteiger partial charge in [0.05, 0.1) is 0 Å². The fourth-order valence-corrected chi connectivity index (χ4v) is 3.59. The van der Waals surface area contributed by atoms with Crippen LogP contribution in [-0.4, -0.2) is 14.0 Å². The van der Waals surface area contributed by atoms with E-state index in [9.17, 15) is 14.4 Å². The van der Waals surface area contributed by atoms with Gasteiger partial charge in [0.25, 0.3) is 0 Å². The second-order valence-corrected chi connectivity index (χ2v) is 8.69. The molecule has 0 aliphatic rings. The summed E-state index contributed by atoms with van der Waals surface area (Å²) in [4.78, 5) is 32.1. The Balaban J connectivity index is 3.23. The predicted molar refractivity (Wildman–Crippen MR) is 46.3 cm³/mol. The topological polar surface area (TPSA) is 51.2 Å². The average molecular weight is 260 g/mol. The molecule has 68 valence electrons. The van der Waals surface area contributed by atoms with Crippen molar-refractivity contribution in [3.8, 4) is 0 Å². The summed E-state index contributed by atoms with van der Waals surface area (Å²) >= 11 is -3.69. The van der Waals surface area contributed by atoms with Gasteiger partial charge in [0.1, 0.15) is 0 Å². The monoisotopic (exact) mass is 262 g/mol. The van der Waals surface area contributed by atoms with Crippen molar-refractivity contribution in [3.63, 3.8) is 0 Å². The first kappa shape index (κ1) is 10.0. The van der Waals surface area contributed by atoms with Crippen LogP contribution in [0.25, 0.3) is 0 Å². The molecule has 0 N–H and O–H groups in total. The number of hydrogen-bond donors (Lipinski definition) is 0. The Kier molecular flexibility index (Phi) is 3.26. The normalized spacial score (nSPS) is 11.7. The van der Waals surface area contributed by atoms with Crippen LogP contribution >= 0.6 is 0 Å². The number of hydrogen-bond acceptors (Lipinski definition) is 3. The second-order valence-electron chi connectivity index (χ2n) is 2.36. The minimum atomic E-state index is -3.69. The Labute approximate surface area is 79.0 Å². The molecule has 1 aromatic rings. The van der Waals surface area contributed by atoms with Gasteiger partial charge < -0.3 is 0 Å². The van der Waals surface area contributed by atoms with Crippen molar-refractivity contribution in [2.45, 2.75) is 0 Å². The van der Waals surface area contributed by atoms with Crippen LogP contribution in [0.15, 0.2) is 30.3 Å². The van der Waals surface area contributed by atoms with Gasteiger partial charge in [-0.3, -0.25) is 0 Å². The maximum atomic E-state index is 10.7. The average Bonchev–Trinajstić information content (AvgIpc) is 2.23. The van der Waals surface area contributed by atoms with Gasteiger partial charge in [-0.25, -0.2) is 0 Å². The van der Waals surface area contributed by atoms with Crippen molar-refractivity contribution in [2.24, 2.45) is 0 Å². The molecule has 0 bridgehead atoms. The summed E-state index contributed by atoms with van der Waals surface area (Å²) in [6, 6.07) is 8.51. The fourth-order valence-electron chi connectivity index (χ4n) is 0.891. The number of carbonyl (C=O) groups excluding carboxylic acids is 3. The summed E-state index contributed by atoms with van der Waals surface area (Å²) in [6.07, 6.45) is 0. The van der Waals surface area contributed by atoms with Gasteiger partial charge in [0, 0.05) is 0 Å². The van der Waals surface area contributed by atoms with Gasteiger partial charge in [-0.15, -0.1) is 0 Å². The van der Waals surface area contributed by atoms with Crippen LogP contribution < -0.4 is 3.95 Å². The van der Waals surface area contributed by atoms with E-state index in [1.807, 2.05) is 0 Å². The molecule has 0 atom stereocenters. The van der Waals surface area contributed by atoms with Gasteiger partial charge in [0.2, 0.25) is 0 Å². The third-order valence-electron chi connectivity index (χ3n) is 1.63. The Bertz CT molecular complexity index is 299. The van der Waals surface area contributed by atoms with E-state index in [2.05, 4.69) is 0 Å². The molecule has 1 aromatic carbocycles. The van der Waals surface area contributed by atoms with Gasteiger partial charge in [0.15, 0.2) is 0 Å². The van der Waals surface area contributed by atoms with E-state index in [1.54, 1.807) is 30.3 Å². The molecule has 0 unspecified atom stereocenters. The number of benzene rings is 1. The molecule has 3 nitrogen and oxygen atoms in total.